The lowest BCUT2D eigenvalue weighted by molar-refractivity contribution is -0.147. The Morgan fingerprint density at radius 2 is 1.43 bits per heavy atom. The van der Waals surface area contributed by atoms with Gasteiger partial charge in [0, 0.05) is 5.92 Å². The van der Waals surface area contributed by atoms with Gasteiger partial charge in [-0.1, -0.05) is 78.9 Å². The Morgan fingerprint density at radius 3 is 2.00 bits per heavy atom. The summed E-state index contributed by atoms with van der Waals surface area (Å²) in [4.78, 5) is 38.3. The summed E-state index contributed by atoms with van der Waals surface area (Å²) < 4.78 is 17.1. The summed E-state index contributed by atoms with van der Waals surface area (Å²) in [6.45, 7) is 7.07. The first-order chi connectivity index (χ1) is 20.0. The number of rotatable bonds is 12. The van der Waals surface area contributed by atoms with Gasteiger partial charge in [-0.05, 0) is 55.5 Å². The van der Waals surface area contributed by atoms with Crippen LogP contribution in [0, 0.1) is 0 Å². The zero-order valence-corrected chi connectivity index (χ0v) is 24.3. The number of alkyl carbamates (subject to hydrolysis) is 1. The largest absolute Gasteiger partial charge is 0.480 e. The van der Waals surface area contributed by atoms with Gasteiger partial charge in [0.1, 0.15) is 12.6 Å². The second-order valence-electron chi connectivity index (χ2n) is 11.3. The molecule has 0 saturated carbocycles. The number of carboxylic acids is 1. The highest BCUT2D eigenvalue weighted by atomic mass is 16.6. The zero-order valence-electron chi connectivity index (χ0n) is 24.3. The van der Waals surface area contributed by atoms with Crippen LogP contribution in [-0.4, -0.2) is 60.1 Å². The fourth-order valence-corrected chi connectivity index (χ4v) is 4.83. The van der Waals surface area contributed by atoms with E-state index in [2.05, 4.69) is 10.6 Å². The molecule has 0 bridgehead atoms. The number of carbonyl (C=O) groups excluding carboxylic acids is 2. The van der Waals surface area contributed by atoms with Crippen molar-refractivity contribution >= 4 is 18.0 Å². The van der Waals surface area contributed by atoms with Crippen LogP contribution in [0.3, 0.4) is 0 Å². The van der Waals surface area contributed by atoms with E-state index >= 15 is 0 Å². The van der Waals surface area contributed by atoms with Crippen LogP contribution in [0.15, 0.2) is 78.9 Å². The lowest BCUT2D eigenvalue weighted by Crippen LogP contribution is -2.57. The van der Waals surface area contributed by atoms with E-state index in [-0.39, 0.29) is 25.7 Å². The predicted molar refractivity (Wildman–Crippen MR) is 158 cm³/mol. The van der Waals surface area contributed by atoms with Crippen molar-refractivity contribution in [3.05, 3.63) is 95.6 Å². The van der Waals surface area contributed by atoms with E-state index < -0.39 is 41.8 Å². The lowest BCUT2D eigenvalue weighted by Gasteiger charge is -2.27. The fourth-order valence-electron chi connectivity index (χ4n) is 4.83. The van der Waals surface area contributed by atoms with E-state index in [9.17, 15) is 19.5 Å². The Kier molecular flexibility index (Phi) is 9.98. The first kappa shape index (κ1) is 30.7. The molecule has 0 saturated heterocycles. The molecule has 0 aliphatic heterocycles. The summed E-state index contributed by atoms with van der Waals surface area (Å²) in [5.41, 5.74) is 4.58. The molecule has 0 heterocycles. The van der Waals surface area contributed by atoms with Crippen molar-refractivity contribution in [3.63, 3.8) is 0 Å². The van der Waals surface area contributed by atoms with Crippen LogP contribution in [0.2, 0.25) is 0 Å². The van der Waals surface area contributed by atoms with Crippen LogP contribution in [0.4, 0.5) is 4.79 Å². The maximum Gasteiger partial charge on any atom is 0.407 e. The van der Waals surface area contributed by atoms with Crippen LogP contribution in [0.25, 0.3) is 11.1 Å². The molecule has 9 heteroatoms. The van der Waals surface area contributed by atoms with E-state index in [1.807, 2.05) is 99.6 Å². The van der Waals surface area contributed by atoms with E-state index in [0.29, 0.717) is 0 Å². The first-order valence-corrected chi connectivity index (χ1v) is 14.0. The van der Waals surface area contributed by atoms with Crippen molar-refractivity contribution in [2.75, 3.05) is 13.2 Å². The summed E-state index contributed by atoms with van der Waals surface area (Å²) in [5, 5.41) is 14.9. The molecule has 0 fully saturated rings. The molecule has 3 atom stereocenters. The number of fused-ring (bicyclic) bond motifs is 3. The Bertz CT molecular complexity index is 1340. The highest BCUT2D eigenvalue weighted by Crippen LogP contribution is 2.44. The van der Waals surface area contributed by atoms with Crippen LogP contribution in [0.5, 0.6) is 0 Å². The summed E-state index contributed by atoms with van der Waals surface area (Å²) >= 11 is 0. The van der Waals surface area contributed by atoms with Crippen LogP contribution >= 0.6 is 0 Å². The van der Waals surface area contributed by atoms with Crippen molar-refractivity contribution in [1.82, 2.24) is 10.6 Å². The number of carbonyl (C=O) groups is 3. The van der Waals surface area contributed by atoms with E-state index in [4.69, 9.17) is 14.2 Å². The Hall–Kier alpha value is -4.21. The molecule has 0 aromatic heterocycles. The number of carboxylic acid groups (broad SMARTS) is 1. The minimum atomic E-state index is -1.36. The molecule has 3 N–H and O–H groups in total. The van der Waals surface area contributed by atoms with Crippen LogP contribution < -0.4 is 10.6 Å². The topological polar surface area (TPSA) is 123 Å². The number of benzene rings is 3. The zero-order chi connectivity index (χ0) is 30.3. The van der Waals surface area contributed by atoms with Crippen molar-refractivity contribution < 1.29 is 33.7 Å². The van der Waals surface area contributed by atoms with Crippen LogP contribution in [0.1, 0.15) is 50.3 Å². The highest BCUT2D eigenvalue weighted by molar-refractivity contribution is 5.89. The second-order valence-corrected chi connectivity index (χ2v) is 11.3. The Labute approximate surface area is 246 Å². The number of hydrogen-bond acceptors (Lipinski definition) is 6. The average Bonchev–Trinajstić information content (AvgIpc) is 3.29. The molecule has 0 unspecified atom stereocenters. The van der Waals surface area contributed by atoms with E-state index in [1.165, 1.54) is 0 Å². The van der Waals surface area contributed by atoms with Gasteiger partial charge in [0.2, 0.25) is 5.91 Å². The third kappa shape index (κ3) is 7.96. The molecular formula is C33H38N2O7. The molecule has 1 aliphatic rings. The molecule has 0 spiro atoms. The Balaban J connectivity index is 1.41. The minimum absolute atomic E-state index is 0.0659. The van der Waals surface area contributed by atoms with E-state index in [1.54, 1.807) is 6.92 Å². The molecule has 0 radical (unpaired) electrons. The maximum absolute atomic E-state index is 13.3. The fraction of sp³-hybridized carbons (Fsp3) is 0.364. The van der Waals surface area contributed by atoms with Crippen molar-refractivity contribution in [3.8, 4) is 11.1 Å². The molecule has 2 amide bonds. The second kappa shape index (κ2) is 13.6. The SMILES string of the molecule is C[C@@H](OCc1ccccc1)[C@H](NC(=O)[C@H](COC(C)(C)C)NC(=O)OCC1c2ccccc2-c2ccccc21)C(=O)O. The highest BCUT2D eigenvalue weighted by Gasteiger charge is 2.33. The van der Waals surface area contributed by atoms with Gasteiger partial charge >= 0.3 is 12.1 Å². The standard InChI is InChI=1S/C33H38N2O7/c1-21(40-18-22-12-6-5-7-13-22)29(31(37)38)35-30(36)28(20-42-33(2,3)4)34-32(39)41-19-27-25-16-10-8-14-23(25)24-15-9-11-17-26(24)27/h5-17,21,27-29H,18-20H2,1-4H3,(H,34,39)(H,35,36)(H,37,38)/t21-,28+,29+/m1/s1. The molecule has 222 valence electrons. The summed E-state index contributed by atoms with van der Waals surface area (Å²) in [7, 11) is 0. The quantitative estimate of drug-likeness (QED) is 0.282. The van der Waals surface area contributed by atoms with Crippen molar-refractivity contribution in [1.29, 1.82) is 0 Å². The van der Waals surface area contributed by atoms with E-state index in [0.717, 1.165) is 27.8 Å². The van der Waals surface area contributed by atoms with Gasteiger partial charge in [-0.15, -0.1) is 0 Å². The number of nitrogens with one attached hydrogen (secondary N) is 2. The van der Waals surface area contributed by atoms with Crippen molar-refractivity contribution in [2.45, 2.75) is 64.0 Å². The van der Waals surface area contributed by atoms with Gasteiger partial charge in [0.05, 0.1) is 24.9 Å². The van der Waals surface area contributed by atoms with Gasteiger partial charge in [0.15, 0.2) is 6.04 Å². The summed E-state index contributed by atoms with van der Waals surface area (Å²) in [6, 6.07) is 22.7. The van der Waals surface area contributed by atoms with Gasteiger partial charge in [0.25, 0.3) is 0 Å². The van der Waals surface area contributed by atoms with Gasteiger partial charge in [-0.25, -0.2) is 9.59 Å². The smallest absolute Gasteiger partial charge is 0.407 e. The van der Waals surface area contributed by atoms with Crippen molar-refractivity contribution in [2.24, 2.45) is 0 Å². The molecule has 3 aromatic carbocycles. The monoisotopic (exact) mass is 574 g/mol. The number of aliphatic carboxylic acids is 1. The normalized spacial score (nSPS) is 14.7. The predicted octanol–water partition coefficient (Wildman–Crippen LogP) is 4.88. The third-order valence-electron chi connectivity index (χ3n) is 7.02. The summed E-state index contributed by atoms with van der Waals surface area (Å²) in [6.07, 6.45) is -1.67. The first-order valence-electron chi connectivity index (χ1n) is 14.0. The number of ether oxygens (including phenoxy) is 3. The molecule has 9 nitrogen and oxygen atoms in total. The van der Waals surface area contributed by atoms with Gasteiger partial charge < -0.3 is 30.0 Å². The average molecular weight is 575 g/mol. The molecular weight excluding hydrogens is 536 g/mol. The molecule has 42 heavy (non-hydrogen) atoms. The molecule has 1 aliphatic carbocycles. The molecule has 4 rings (SSSR count). The van der Waals surface area contributed by atoms with Gasteiger partial charge in [-0.2, -0.15) is 0 Å². The van der Waals surface area contributed by atoms with Crippen LogP contribution in [-0.2, 0) is 30.4 Å². The number of hydrogen-bond donors (Lipinski definition) is 3. The number of amides is 2. The van der Waals surface area contributed by atoms with Gasteiger partial charge in [-0.3, -0.25) is 4.79 Å². The maximum atomic E-state index is 13.3. The molecule has 3 aromatic rings. The Morgan fingerprint density at radius 1 is 0.857 bits per heavy atom. The minimum Gasteiger partial charge on any atom is -0.480 e. The third-order valence-corrected chi connectivity index (χ3v) is 7.02. The lowest BCUT2D eigenvalue weighted by atomic mass is 9.98. The summed E-state index contributed by atoms with van der Waals surface area (Å²) in [5.74, 6) is -2.14.